The van der Waals surface area contributed by atoms with Crippen LogP contribution in [0.4, 0.5) is 11.4 Å². The van der Waals surface area contributed by atoms with Crippen molar-refractivity contribution in [3.63, 3.8) is 0 Å². The zero-order valence-electron chi connectivity index (χ0n) is 12.1. The molecule has 3 atom stereocenters. The fourth-order valence-electron chi connectivity index (χ4n) is 3.08. The Morgan fingerprint density at radius 2 is 2.20 bits per heavy atom. The van der Waals surface area contributed by atoms with Crippen LogP contribution in [0.5, 0.6) is 0 Å². The van der Waals surface area contributed by atoms with Gasteiger partial charge in [0.25, 0.3) is 0 Å². The molecular weight excluding hydrogens is 252 g/mol. The minimum Gasteiger partial charge on any atom is -0.381 e. The monoisotopic (exact) mass is 274 g/mol. The average Bonchev–Trinajstić information content (AvgIpc) is 2.86. The van der Waals surface area contributed by atoms with Crippen molar-refractivity contribution in [3.05, 3.63) is 23.8 Å². The van der Waals surface area contributed by atoms with Gasteiger partial charge in [-0.05, 0) is 44.7 Å². The van der Waals surface area contributed by atoms with Crippen LogP contribution < -0.4 is 10.6 Å². The van der Waals surface area contributed by atoms with Crippen LogP contribution in [0.3, 0.4) is 0 Å². The largest absolute Gasteiger partial charge is 0.381 e. The summed E-state index contributed by atoms with van der Waals surface area (Å²) in [5.74, 6) is 0.0373. The molecule has 0 bridgehead atoms. The molecule has 1 aromatic rings. The number of fused-ring (bicyclic) bond motifs is 1. The van der Waals surface area contributed by atoms with Gasteiger partial charge in [0.15, 0.2) is 0 Å². The maximum absolute atomic E-state index is 12.4. The van der Waals surface area contributed by atoms with E-state index in [1.807, 2.05) is 19.1 Å². The Balaban J connectivity index is 1.79. The molecule has 2 aliphatic rings. The van der Waals surface area contributed by atoms with Gasteiger partial charge >= 0.3 is 0 Å². The van der Waals surface area contributed by atoms with Crippen molar-refractivity contribution in [1.82, 2.24) is 0 Å². The molecule has 0 radical (unpaired) electrons. The topological polar surface area (TPSA) is 50.4 Å². The molecule has 1 amide bonds. The molecule has 1 saturated heterocycles. The van der Waals surface area contributed by atoms with Gasteiger partial charge in [0.05, 0.1) is 23.4 Å². The van der Waals surface area contributed by atoms with E-state index in [-0.39, 0.29) is 17.9 Å². The van der Waals surface area contributed by atoms with Crippen LogP contribution in [-0.2, 0) is 16.0 Å². The van der Waals surface area contributed by atoms with Crippen molar-refractivity contribution < 1.29 is 9.53 Å². The lowest BCUT2D eigenvalue weighted by molar-refractivity contribution is -0.121. The molecular formula is C16H22N2O2. The summed E-state index contributed by atoms with van der Waals surface area (Å²) in [6.45, 7) is 4.83. The maximum Gasteiger partial charge on any atom is 0.230 e. The summed E-state index contributed by atoms with van der Waals surface area (Å²) in [7, 11) is 0. The Bertz CT molecular complexity index is 515. The Labute approximate surface area is 119 Å². The molecule has 0 saturated carbocycles. The predicted molar refractivity (Wildman–Crippen MR) is 80.0 cm³/mol. The lowest BCUT2D eigenvalue weighted by Crippen LogP contribution is -2.29. The van der Waals surface area contributed by atoms with E-state index in [0.29, 0.717) is 12.6 Å². The number of hydrogen-bond acceptors (Lipinski definition) is 3. The predicted octanol–water partition coefficient (Wildman–Crippen LogP) is 2.80. The van der Waals surface area contributed by atoms with Gasteiger partial charge in [-0.25, -0.2) is 0 Å². The molecule has 20 heavy (non-hydrogen) atoms. The summed E-state index contributed by atoms with van der Waals surface area (Å²) < 4.78 is 5.48. The van der Waals surface area contributed by atoms with Crippen LogP contribution in [0.25, 0.3) is 0 Å². The minimum atomic E-state index is -0.0353. The van der Waals surface area contributed by atoms with Crippen LogP contribution in [0.1, 0.15) is 32.3 Å². The van der Waals surface area contributed by atoms with E-state index in [1.165, 1.54) is 5.56 Å². The van der Waals surface area contributed by atoms with Gasteiger partial charge in [-0.1, -0.05) is 12.1 Å². The van der Waals surface area contributed by atoms with E-state index in [0.717, 1.165) is 30.6 Å². The van der Waals surface area contributed by atoms with Crippen LogP contribution in [-0.4, -0.2) is 24.7 Å². The van der Waals surface area contributed by atoms with Crippen LogP contribution >= 0.6 is 0 Å². The summed E-state index contributed by atoms with van der Waals surface area (Å²) in [5.41, 5.74) is 3.28. The summed E-state index contributed by atoms with van der Waals surface area (Å²) in [6, 6.07) is 6.57. The van der Waals surface area contributed by atoms with E-state index in [2.05, 4.69) is 23.6 Å². The van der Waals surface area contributed by atoms with E-state index < -0.39 is 0 Å². The standard InChI is InChI=1S/C16H22N2O2/c1-10-6-7-12-4-3-5-14(15(12)17-10)18-16(19)13-8-9-20-11(13)2/h3-5,10-11,13,17H,6-9H2,1-2H3,(H,18,19). The third-order valence-electron chi connectivity index (χ3n) is 4.36. The van der Waals surface area contributed by atoms with Gasteiger partial charge in [0.2, 0.25) is 5.91 Å². The zero-order chi connectivity index (χ0) is 14.1. The second-order valence-electron chi connectivity index (χ2n) is 5.88. The number of carbonyl (C=O) groups is 1. The first-order valence-electron chi connectivity index (χ1n) is 7.46. The van der Waals surface area contributed by atoms with Crippen molar-refractivity contribution in [1.29, 1.82) is 0 Å². The number of hydrogen-bond donors (Lipinski definition) is 2. The molecule has 4 heteroatoms. The number of ether oxygens (including phenoxy) is 1. The number of amides is 1. The summed E-state index contributed by atoms with van der Waals surface area (Å²) in [5, 5.41) is 6.57. The Morgan fingerprint density at radius 1 is 1.35 bits per heavy atom. The molecule has 2 heterocycles. The van der Waals surface area contributed by atoms with Crippen molar-refractivity contribution in [2.24, 2.45) is 5.92 Å². The number of rotatable bonds is 2. The number of para-hydroxylation sites is 1. The second kappa shape index (κ2) is 5.44. The lowest BCUT2D eigenvalue weighted by Gasteiger charge is -2.27. The van der Waals surface area contributed by atoms with Crippen molar-refractivity contribution in [2.75, 3.05) is 17.2 Å². The normalized spacial score (nSPS) is 28.6. The Hall–Kier alpha value is -1.55. The molecule has 0 aromatic heterocycles. The quantitative estimate of drug-likeness (QED) is 0.872. The molecule has 1 aromatic carbocycles. The van der Waals surface area contributed by atoms with Crippen LogP contribution in [0.2, 0.25) is 0 Å². The van der Waals surface area contributed by atoms with E-state index in [9.17, 15) is 4.79 Å². The Kier molecular flexibility index (Phi) is 3.66. The smallest absolute Gasteiger partial charge is 0.230 e. The molecule has 0 spiro atoms. The number of carbonyl (C=O) groups excluding carboxylic acids is 1. The molecule has 0 aliphatic carbocycles. The number of aryl methyl sites for hydroxylation is 1. The average molecular weight is 274 g/mol. The van der Waals surface area contributed by atoms with Gasteiger partial charge in [0.1, 0.15) is 0 Å². The van der Waals surface area contributed by atoms with E-state index in [4.69, 9.17) is 4.74 Å². The molecule has 108 valence electrons. The summed E-state index contributed by atoms with van der Waals surface area (Å²) in [4.78, 5) is 12.4. The van der Waals surface area contributed by atoms with Crippen LogP contribution in [0.15, 0.2) is 18.2 Å². The molecule has 2 N–H and O–H groups in total. The van der Waals surface area contributed by atoms with Gasteiger partial charge in [-0.15, -0.1) is 0 Å². The lowest BCUT2D eigenvalue weighted by atomic mass is 9.97. The minimum absolute atomic E-state index is 0.0152. The third kappa shape index (κ3) is 2.52. The number of anilines is 2. The van der Waals surface area contributed by atoms with Gasteiger partial charge < -0.3 is 15.4 Å². The highest BCUT2D eigenvalue weighted by Gasteiger charge is 2.31. The van der Waals surface area contributed by atoms with Crippen molar-refractivity contribution >= 4 is 17.3 Å². The van der Waals surface area contributed by atoms with Gasteiger partial charge in [-0.2, -0.15) is 0 Å². The zero-order valence-corrected chi connectivity index (χ0v) is 12.1. The first kappa shape index (κ1) is 13.4. The number of benzene rings is 1. The van der Waals surface area contributed by atoms with Gasteiger partial charge in [0, 0.05) is 12.6 Å². The van der Waals surface area contributed by atoms with Crippen LogP contribution in [0, 0.1) is 5.92 Å². The summed E-state index contributed by atoms with van der Waals surface area (Å²) in [6.07, 6.45) is 3.03. The third-order valence-corrected chi connectivity index (χ3v) is 4.36. The number of nitrogens with one attached hydrogen (secondary N) is 2. The highest BCUT2D eigenvalue weighted by Crippen LogP contribution is 2.33. The highest BCUT2D eigenvalue weighted by atomic mass is 16.5. The highest BCUT2D eigenvalue weighted by molar-refractivity contribution is 5.96. The molecule has 1 fully saturated rings. The fourth-order valence-corrected chi connectivity index (χ4v) is 3.08. The molecule has 3 unspecified atom stereocenters. The van der Waals surface area contributed by atoms with E-state index >= 15 is 0 Å². The van der Waals surface area contributed by atoms with Crippen molar-refractivity contribution in [3.8, 4) is 0 Å². The Morgan fingerprint density at radius 3 is 2.95 bits per heavy atom. The first-order valence-corrected chi connectivity index (χ1v) is 7.46. The molecule has 4 nitrogen and oxygen atoms in total. The van der Waals surface area contributed by atoms with Gasteiger partial charge in [-0.3, -0.25) is 4.79 Å². The summed E-state index contributed by atoms with van der Waals surface area (Å²) >= 11 is 0. The molecule has 3 rings (SSSR count). The molecule has 2 aliphatic heterocycles. The maximum atomic E-state index is 12.4. The first-order chi connectivity index (χ1) is 9.65. The van der Waals surface area contributed by atoms with Crippen molar-refractivity contribution in [2.45, 2.75) is 45.3 Å². The SMILES string of the molecule is CC1CCc2cccc(NC(=O)C3CCOC3C)c2N1. The van der Waals surface area contributed by atoms with E-state index in [1.54, 1.807) is 0 Å². The second-order valence-corrected chi connectivity index (χ2v) is 5.88. The fraction of sp³-hybridized carbons (Fsp3) is 0.562.